The molecule has 188 valence electrons. The number of nitrogens with two attached hydrogens (primary N) is 4. The molecule has 1 aromatic heterocycles. The number of aromatic nitrogens is 1. The minimum absolute atomic E-state index is 0.0497. The van der Waals surface area contributed by atoms with Gasteiger partial charge in [0.15, 0.2) is 5.96 Å². The maximum Gasteiger partial charge on any atom is 0.290 e. The molecule has 0 saturated heterocycles. The molecule has 0 aliphatic carbocycles. The van der Waals surface area contributed by atoms with Gasteiger partial charge in [0.2, 0.25) is 5.96 Å². The van der Waals surface area contributed by atoms with Crippen molar-refractivity contribution in [1.82, 2.24) is 15.3 Å². The van der Waals surface area contributed by atoms with Crippen molar-refractivity contribution in [3.8, 4) is 0 Å². The predicted octanol–water partition coefficient (Wildman–Crippen LogP) is 0.0739. The van der Waals surface area contributed by atoms with Crippen LogP contribution in [0.25, 0.3) is 10.9 Å². The summed E-state index contributed by atoms with van der Waals surface area (Å²) in [6, 6.07) is 13.1. The quantitative estimate of drug-likeness (QED) is 0.0941. The zero-order valence-corrected chi connectivity index (χ0v) is 19.6. The van der Waals surface area contributed by atoms with Gasteiger partial charge in [0, 0.05) is 29.6 Å². The van der Waals surface area contributed by atoms with E-state index in [-0.39, 0.29) is 49.1 Å². The second-order valence-electron chi connectivity index (χ2n) is 7.59. The number of carbonyl (C=O) groups excluding carboxylic acids is 3. The van der Waals surface area contributed by atoms with Crippen LogP contribution in [0.3, 0.4) is 0 Å². The van der Waals surface area contributed by atoms with Crippen molar-refractivity contribution in [3.05, 3.63) is 65.4 Å². The second kappa shape index (κ2) is 11.4. The molecule has 0 radical (unpaired) electrons. The maximum absolute atomic E-state index is 12.8. The SMILES string of the molecule is CCN(N=C(N)N)C(=O)c1cc2cccc(NC(=O)c3ccc(C(=O)NCCN=C(N)N)cc3)c2[nH]1. The van der Waals surface area contributed by atoms with Crippen LogP contribution < -0.4 is 33.6 Å². The standard InChI is InChI=1S/C23H28N10O3/c1-2-33(32-23(26)27)21(36)17-12-15-4-3-5-16(18(15)30-17)31-20(35)14-8-6-13(7-9-14)19(34)28-10-11-29-22(24)25/h3-9,12,30H,2,10-11H2,1H3,(H,28,34)(H,31,35)(H4,24,25,29)(H4,26,27,32). The Morgan fingerprint density at radius 1 is 0.944 bits per heavy atom. The lowest BCUT2D eigenvalue weighted by Gasteiger charge is -2.13. The van der Waals surface area contributed by atoms with Crippen molar-refractivity contribution >= 4 is 46.2 Å². The van der Waals surface area contributed by atoms with E-state index in [1.54, 1.807) is 55.5 Å². The molecule has 3 aromatic rings. The van der Waals surface area contributed by atoms with Crippen LogP contribution in [0.2, 0.25) is 0 Å². The highest BCUT2D eigenvalue weighted by Crippen LogP contribution is 2.25. The fraction of sp³-hybridized carbons (Fsp3) is 0.174. The van der Waals surface area contributed by atoms with Gasteiger partial charge >= 0.3 is 0 Å². The number of aliphatic imine (C=N–C) groups is 1. The van der Waals surface area contributed by atoms with Gasteiger partial charge in [0.1, 0.15) is 5.69 Å². The van der Waals surface area contributed by atoms with E-state index in [9.17, 15) is 14.4 Å². The Balaban J connectivity index is 1.72. The molecule has 2 aromatic carbocycles. The lowest BCUT2D eigenvalue weighted by atomic mass is 10.1. The largest absolute Gasteiger partial charge is 0.370 e. The van der Waals surface area contributed by atoms with Crippen molar-refractivity contribution in [2.75, 3.05) is 25.0 Å². The number of guanidine groups is 2. The van der Waals surface area contributed by atoms with Crippen molar-refractivity contribution in [2.45, 2.75) is 6.92 Å². The summed E-state index contributed by atoms with van der Waals surface area (Å²) >= 11 is 0. The first-order valence-electron chi connectivity index (χ1n) is 11.0. The number of H-pyrrole nitrogens is 1. The molecule has 1 heterocycles. The molecule has 0 atom stereocenters. The third-order valence-electron chi connectivity index (χ3n) is 5.01. The maximum atomic E-state index is 12.8. The average Bonchev–Trinajstić information content (AvgIpc) is 3.30. The van der Waals surface area contributed by atoms with Gasteiger partial charge in [-0.3, -0.25) is 19.4 Å². The van der Waals surface area contributed by atoms with Crippen LogP contribution in [0, 0.1) is 0 Å². The minimum Gasteiger partial charge on any atom is -0.370 e. The molecule has 13 nitrogen and oxygen atoms in total. The lowest BCUT2D eigenvalue weighted by molar-refractivity contribution is 0.0763. The Bertz CT molecular complexity index is 1320. The summed E-state index contributed by atoms with van der Waals surface area (Å²) in [5.41, 5.74) is 23.3. The van der Waals surface area contributed by atoms with Gasteiger partial charge in [-0.05, 0) is 43.3 Å². The number of rotatable bonds is 9. The molecule has 0 aliphatic heterocycles. The Hall–Kier alpha value is -5.07. The highest BCUT2D eigenvalue weighted by atomic mass is 16.2. The molecular weight excluding hydrogens is 464 g/mol. The number of fused-ring (bicyclic) bond motifs is 1. The van der Waals surface area contributed by atoms with Crippen LogP contribution in [0.4, 0.5) is 5.69 Å². The number of nitrogens with zero attached hydrogens (tertiary/aromatic N) is 3. The molecule has 0 aliphatic rings. The number of anilines is 1. The van der Waals surface area contributed by atoms with Gasteiger partial charge < -0.3 is 38.6 Å². The van der Waals surface area contributed by atoms with Gasteiger partial charge in [0.25, 0.3) is 17.7 Å². The number of benzene rings is 2. The molecule has 0 unspecified atom stereocenters. The number of aromatic amines is 1. The lowest BCUT2D eigenvalue weighted by Crippen LogP contribution is -2.33. The molecular formula is C23H28N10O3. The third kappa shape index (κ3) is 6.28. The number of carbonyl (C=O) groups is 3. The number of hydrazone groups is 1. The van der Waals surface area contributed by atoms with Gasteiger partial charge in [-0.1, -0.05) is 12.1 Å². The van der Waals surface area contributed by atoms with E-state index in [0.717, 1.165) is 5.01 Å². The van der Waals surface area contributed by atoms with E-state index in [0.29, 0.717) is 27.7 Å². The van der Waals surface area contributed by atoms with Crippen molar-refractivity contribution in [3.63, 3.8) is 0 Å². The summed E-state index contributed by atoms with van der Waals surface area (Å²) < 4.78 is 0. The number of para-hydroxylation sites is 1. The summed E-state index contributed by atoms with van der Waals surface area (Å²) in [6.07, 6.45) is 0. The van der Waals surface area contributed by atoms with Crippen LogP contribution >= 0.6 is 0 Å². The van der Waals surface area contributed by atoms with E-state index >= 15 is 0 Å². The monoisotopic (exact) mass is 492 g/mol. The first-order chi connectivity index (χ1) is 17.2. The summed E-state index contributed by atoms with van der Waals surface area (Å²) in [5, 5.41) is 11.2. The van der Waals surface area contributed by atoms with E-state index in [4.69, 9.17) is 22.9 Å². The summed E-state index contributed by atoms with van der Waals surface area (Å²) in [6.45, 7) is 2.53. The topological polar surface area (TPSA) is 223 Å². The van der Waals surface area contributed by atoms with E-state index in [1.807, 2.05) is 0 Å². The van der Waals surface area contributed by atoms with Crippen molar-refractivity contribution in [2.24, 2.45) is 33.0 Å². The van der Waals surface area contributed by atoms with Gasteiger partial charge in [-0.25, -0.2) is 5.01 Å². The first kappa shape index (κ1) is 25.6. The zero-order chi connectivity index (χ0) is 26.2. The van der Waals surface area contributed by atoms with Crippen LogP contribution in [0.1, 0.15) is 38.1 Å². The second-order valence-corrected chi connectivity index (χ2v) is 7.59. The smallest absolute Gasteiger partial charge is 0.290 e. The highest BCUT2D eigenvalue weighted by molar-refractivity contribution is 6.10. The third-order valence-corrected chi connectivity index (χ3v) is 5.01. The Morgan fingerprint density at radius 3 is 2.22 bits per heavy atom. The fourth-order valence-corrected chi connectivity index (χ4v) is 3.34. The van der Waals surface area contributed by atoms with E-state index < -0.39 is 5.91 Å². The minimum atomic E-state index is -0.424. The van der Waals surface area contributed by atoms with Gasteiger partial charge in [-0.2, -0.15) is 0 Å². The molecule has 0 saturated carbocycles. The zero-order valence-electron chi connectivity index (χ0n) is 19.6. The van der Waals surface area contributed by atoms with Crippen LogP contribution in [-0.4, -0.2) is 59.3 Å². The molecule has 0 spiro atoms. The van der Waals surface area contributed by atoms with E-state index in [2.05, 4.69) is 25.7 Å². The summed E-state index contributed by atoms with van der Waals surface area (Å²) in [7, 11) is 0. The van der Waals surface area contributed by atoms with E-state index in [1.165, 1.54) is 0 Å². The molecule has 13 heteroatoms. The Labute approximate surface area is 206 Å². The number of hydrogen-bond acceptors (Lipinski definition) is 5. The van der Waals surface area contributed by atoms with Crippen LogP contribution in [0.5, 0.6) is 0 Å². The summed E-state index contributed by atoms with van der Waals surface area (Å²) in [5.74, 6) is -1.41. The number of hydrogen-bond donors (Lipinski definition) is 7. The molecule has 11 N–H and O–H groups in total. The summed E-state index contributed by atoms with van der Waals surface area (Å²) in [4.78, 5) is 44.7. The Morgan fingerprint density at radius 2 is 1.61 bits per heavy atom. The van der Waals surface area contributed by atoms with Gasteiger partial charge in [-0.15, -0.1) is 5.10 Å². The molecule has 3 rings (SSSR count). The van der Waals surface area contributed by atoms with Crippen molar-refractivity contribution in [1.29, 1.82) is 0 Å². The molecule has 0 fully saturated rings. The van der Waals surface area contributed by atoms with Crippen molar-refractivity contribution < 1.29 is 14.4 Å². The normalized spacial score (nSPS) is 10.4. The fourth-order valence-electron chi connectivity index (χ4n) is 3.34. The number of nitrogens with one attached hydrogen (secondary N) is 3. The highest BCUT2D eigenvalue weighted by Gasteiger charge is 2.18. The van der Waals surface area contributed by atoms with Gasteiger partial charge in [0.05, 0.1) is 17.7 Å². The molecule has 3 amide bonds. The van der Waals surface area contributed by atoms with Crippen LogP contribution in [-0.2, 0) is 0 Å². The van der Waals surface area contributed by atoms with Crippen LogP contribution in [0.15, 0.2) is 58.6 Å². The average molecular weight is 493 g/mol. The molecule has 0 bridgehead atoms. The molecule has 36 heavy (non-hydrogen) atoms. The first-order valence-corrected chi connectivity index (χ1v) is 11.0. The Kier molecular flexibility index (Phi) is 8.07. The number of amides is 3. The predicted molar refractivity (Wildman–Crippen MR) is 138 cm³/mol.